The maximum Gasteiger partial charge on any atom is 0.257 e. The van der Waals surface area contributed by atoms with Gasteiger partial charge < -0.3 is 10.6 Å². The summed E-state index contributed by atoms with van der Waals surface area (Å²) in [5, 5.41) is 6.16. The lowest BCUT2D eigenvalue weighted by Gasteiger charge is -2.16. The van der Waals surface area contributed by atoms with Crippen molar-refractivity contribution in [2.45, 2.75) is 19.9 Å². The summed E-state index contributed by atoms with van der Waals surface area (Å²) in [5.41, 5.74) is 3.47. The molecule has 0 spiro atoms. The first-order chi connectivity index (χ1) is 13.0. The summed E-state index contributed by atoms with van der Waals surface area (Å²) < 4.78 is 0. The smallest absolute Gasteiger partial charge is 0.257 e. The van der Waals surface area contributed by atoms with Crippen molar-refractivity contribution >= 4 is 23.1 Å². The quantitative estimate of drug-likeness (QED) is 0.625. The van der Waals surface area contributed by atoms with Crippen LogP contribution >= 0.6 is 0 Å². The largest absolute Gasteiger partial charge is 0.377 e. The molecule has 0 radical (unpaired) electrons. The molecule has 2 N–H and O–H groups in total. The molecule has 5 nitrogen and oxygen atoms in total. The van der Waals surface area contributed by atoms with Gasteiger partial charge >= 0.3 is 0 Å². The highest BCUT2D eigenvalue weighted by Gasteiger charge is 2.10. The van der Waals surface area contributed by atoms with Crippen molar-refractivity contribution in [2.75, 3.05) is 10.6 Å². The van der Waals surface area contributed by atoms with Gasteiger partial charge in [0.2, 0.25) is 0 Å². The van der Waals surface area contributed by atoms with E-state index in [-0.39, 0.29) is 17.7 Å². The molecule has 0 aliphatic rings. The summed E-state index contributed by atoms with van der Waals surface area (Å²) in [4.78, 5) is 28.2. The topological polar surface area (TPSA) is 71.1 Å². The van der Waals surface area contributed by atoms with Crippen LogP contribution < -0.4 is 10.6 Å². The number of nitrogens with one attached hydrogen (secondary N) is 2. The number of Topliss-reactive ketones (excluding diaryl/α,β-unsaturated/α-hetero) is 1. The Morgan fingerprint density at radius 2 is 1.63 bits per heavy atom. The summed E-state index contributed by atoms with van der Waals surface area (Å²) in [6.45, 7) is 3.54. The molecule has 2 aromatic carbocycles. The van der Waals surface area contributed by atoms with Crippen molar-refractivity contribution in [1.82, 2.24) is 4.98 Å². The molecule has 0 fully saturated rings. The monoisotopic (exact) mass is 359 g/mol. The van der Waals surface area contributed by atoms with E-state index in [9.17, 15) is 9.59 Å². The van der Waals surface area contributed by atoms with E-state index < -0.39 is 0 Å². The van der Waals surface area contributed by atoms with E-state index in [1.165, 1.54) is 13.1 Å². The minimum Gasteiger partial charge on any atom is -0.377 e. The molecule has 1 heterocycles. The van der Waals surface area contributed by atoms with Gasteiger partial charge in [-0.3, -0.25) is 14.6 Å². The van der Waals surface area contributed by atoms with Crippen LogP contribution in [0.1, 0.15) is 46.2 Å². The first-order valence-corrected chi connectivity index (χ1v) is 8.72. The minimum absolute atomic E-state index is 0.0473. The van der Waals surface area contributed by atoms with Crippen molar-refractivity contribution in [1.29, 1.82) is 0 Å². The molecule has 0 aliphatic carbocycles. The Morgan fingerprint density at radius 3 is 2.37 bits per heavy atom. The van der Waals surface area contributed by atoms with Crippen molar-refractivity contribution in [2.24, 2.45) is 0 Å². The Labute approximate surface area is 158 Å². The summed E-state index contributed by atoms with van der Waals surface area (Å²) in [6.07, 6.45) is 3.20. The third kappa shape index (κ3) is 4.79. The number of aromatic nitrogens is 1. The summed E-state index contributed by atoms with van der Waals surface area (Å²) in [6, 6.07) is 18.8. The molecular formula is C22H21N3O2. The maximum absolute atomic E-state index is 12.5. The zero-order chi connectivity index (χ0) is 19.2. The highest BCUT2D eigenvalue weighted by molar-refractivity contribution is 6.05. The molecule has 0 saturated carbocycles. The molecule has 27 heavy (non-hydrogen) atoms. The molecule has 0 aliphatic heterocycles. The number of pyridine rings is 1. The summed E-state index contributed by atoms with van der Waals surface area (Å²) >= 11 is 0. The van der Waals surface area contributed by atoms with Crippen LogP contribution in [0.2, 0.25) is 0 Å². The molecule has 0 saturated heterocycles. The van der Waals surface area contributed by atoms with Gasteiger partial charge in [0.1, 0.15) is 0 Å². The van der Waals surface area contributed by atoms with E-state index in [1.54, 1.807) is 36.5 Å². The lowest BCUT2D eigenvalue weighted by molar-refractivity contribution is 0.101. The number of hydrogen-bond donors (Lipinski definition) is 2. The number of nitrogens with zero attached hydrogens (tertiary/aromatic N) is 1. The third-order valence-electron chi connectivity index (χ3n) is 4.21. The standard InChI is InChI=1S/C22H21N3O2/c1-15(17-7-4-3-5-8-17)24-21-12-19(13-23-14-21)22(27)25-20-10-6-9-18(11-20)16(2)26/h3-15,24H,1-2H3,(H,25,27). The predicted octanol–water partition coefficient (Wildman–Crippen LogP) is 4.71. The Hall–Kier alpha value is -3.47. The van der Waals surface area contributed by atoms with Gasteiger partial charge in [0.25, 0.3) is 5.91 Å². The SMILES string of the molecule is CC(=O)c1cccc(NC(=O)c2cncc(NC(C)c3ccccc3)c2)c1. The number of amides is 1. The van der Waals surface area contributed by atoms with E-state index >= 15 is 0 Å². The molecule has 136 valence electrons. The molecule has 1 unspecified atom stereocenters. The number of anilines is 2. The molecule has 3 rings (SSSR count). The first kappa shape index (κ1) is 18.3. The van der Waals surface area contributed by atoms with Gasteiger partial charge in [-0.2, -0.15) is 0 Å². The van der Waals surface area contributed by atoms with Crippen LogP contribution in [-0.2, 0) is 0 Å². The molecule has 3 aromatic rings. The Morgan fingerprint density at radius 1 is 0.889 bits per heavy atom. The van der Waals surface area contributed by atoms with Crippen LogP contribution in [-0.4, -0.2) is 16.7 Å². The van der Waals surface area contributed by atoms with Crippen LogP contribution in [0.25, 0.3) is 0 Å². The van der Waals surface area contributed by atoms with Crippen LogP contribution in [0.15, 0.2) is 73.1 Å². The van der Waals surface area contributed by atoms with Crippen LogP contribution in [0, 0.1) is 0 Å². The fourth-order valence-electron chi connectivity index (χ4n) is 2.74. The highest BCUT2D eigenvalue weighted by Crippen LogP contribution is 2.20. The van der Waals surface area contributed by atoms with Gasteiger partial charge in [0.15, 0.2) is 5.78 Å². The second kappa shape index (κ2) is 8.27. The van der Waals surface area contributed by atoms with Gasteiger partial charge in [-0.05, 0) is 37.6 Å². The summed E-state index contributed by atoms with van der Waals surface area (Å²) in [7, 11) is 0. The minimum atomic E-state index is -0.279. The molecular weight excluding hydrogens is 338 g/mol. The maximum atomic E-state index is 12.5. The van der Waals surface area contributed by atoms with Gasteiger partial charge in [-0.15, -0.1) is 0 Å². The number of carbonyl (C=O) groups excluding carboxylic acids is 2. The van der Waals surface area contributed by atoms with Gasteiger partial charge in [0, 0.05) is 29.7 Å². The van der Waals surface area contributed by atoms with Crippen LogP contribution in [0.5, 0.6) is 0 Å². The number of ketones is 1. The average Bonchev–Trinajstić information content (AvgIpc) is 2.69. The molecule has 1 aromatic heterocycles. The number of rotatable bonds is 6. The van der Waals surface area contributed by atoms with Crippen LogP contribution in [0.4, 0.5) is 11.4 Å². The van der Waals surface area contributed by atoms with E-state index in [0.29, 0.717) is 16.8 Å². The van der Waals surface area contributed by atoms with E-state index in [0.717, 1.165) is 11.3 Å². The number of hydrogen-bond acceptors (Lipinski definition) is 4. The average molecular weight is 359 g/mol. The summed E-state index contributed by atoms with van der Waals surface area (Å²) in [5.74, 6) is -0.326. The normalized spacial score (nSPS) is 11.5. The number of benzene rings is 2. The Kier molecular flexibility index (Phi) is 5.61. The second-order valence-electron chi connectivity index (χ2n) is 6.33. The zero-order valence-corrected chi connectivity index (χ0v) is 15.3. The zero-order valence-electron chi connectivity index (χ0n) is 15.3. The molecule has 0 bridgehead atoms. The Balaban J connectivity index is 1.72. The van der Waals surface area contributed by atoms with Crippen molar-refractivity contribution in [3.63, 3.8) is 0 Å². The van der Waals surface area contributed by atoms with Crippen molar-refractivity contribution < 1.29 is 9.59 Å². The highest BCUT2D eigenvalue weighted by atomic mass is 16.1. The van der Waals surface area contributed by atoms with Crippen LogP contribution in [0.3, 0.4) is 0 Å². The van der Waals surface area contributed by atoms with Crippen molar-refractivity contribution in [3.8, 4) is 0 Å². The van der Waals surface area contributed by atoms with E-state index in [2.05, 4.69) is 22.5 Å². The van der Waals surface area contributed by atoms with E-state index in [1.807, 2.05) is 30.3 Å². The third-order valence-corrected chi connectivity index (χ3v) is 4.21. The fourth-order valence-corrected chi connectivity index (χ4v) is 2.74. The van der Waals surface area contributed by atoms with Crippen molar-refractivity contribution in [3.05, 3.63) is 89.7 Å². The lowest BCUT2D eigenvalue weighted by Crippen LogP contribution is -2.14. The fraction of sp³-hybridized carbons (Fsp3) is 0.136. The first-order valence-electron chi connectivity index (χ1n) is 8.72. The Bertz CT molecular complexity index is 955. The van der Waals surface area contributed by atoms with Gasteiger partial charge in [-0.1, -0.05) is 42.5 Å². The van der Waals surface area contributed by atoms with Gasteiger partial charge in [0.05, 0.1) is 11.3 Å². The predicted molar refractivity (Wildman–Crippen MR) is 107 cm³/mol. The second-order valence-corrected chi connectivity index (χ2v) is 6.33. The molecule has 5 heteroatoms. The van der Waals surface area contributed by atoms with Gasteiger partial charge in [-0.25, -0.2) is 0 Å². The lowest BCUT2D eigenvalue weighted by atomic mass is 10.1. The number of carbonyl (C=O) groups is 2. The molecule has 1 atom stereocenters. The molecule has 1 amide bonds. The van der Waals surface area contributed by atoms with E-state index in [4.69, 9.17) is 0 Å².